The van der Waals surface area contributed by atoms with Gasteiger partial charge in [-0.15, -0.1) is 0 Å². The Morgan fingerprint density at radius 1 is 1.09 bits per heavy atom. The molecule has 0 fully saturated rings. The minimum Gasteiger partial charge on any atom is -0.376 e. The van der Waals surface area contributed by atoms with Crippen LogP contribution in [0.4, 0.5) is 5.13 Å². The topological polar surface area (TPSA) is 51.2 Å². The first-order chi connectivity index (χ1) is 10.8. The van der Waals surface area contributed by atoms with Gasteiger partial charge in [0.25, 0.3) is 0 Å². The van der Waals surface area contributed by atoms with Gasteiger partial charge >= 0.3 is 0 Å². The van der Waals surface area contributed by atoms with Crippen LogP contribution < -0.4 is 5.32 Å². The molecule has 112 valence electrons. The molecule has 22 heavy (non-hydrogen) atoms. The maximum atomic E-state index is 11.9. The molecule has 0 spiro atoms. The van der Waals surface area contributed by atoms with Crippen LogP contribution >= 0.6 is 11.3 Å². The van der Waals surface area contributed by atoms with Crippen LogP contribution in [-0.2, 0) is 16.1 Å². The van der Waals surface area contributed by atoms with Gasteiger partial charge in [0.2, 0.25) is 5.91 Å². The van der Waals surface area contributed by atoms with Crippen LogP contribution in [-0.4, -0.2) is 17.5 Å². The lowest BCUT2D eigenvalue weighted by atomic mass is 10.2. The van der Waals surface area contributed by atoms with Crippen molar-refractivity contribution in [1.29, 1.82) is 0 Å². The standard InChI is InChI=1S/C17H16N2O2S/c20-16(10-11-21-12-13-6-2-1-3-7-13)19-17-18-14-8-4-5-9-15(14)22-17/h1-9H,10-12H2,(H,18,19,20). The fraction of sp³-hybridized carbons (Fsp3) is 0.176. The van der Waals surface area contributed by atoms with Crippen LogP contribution in [0.5, 0.6) is 0 Å². The van der Waals surface area contributed by atoms with Crippen LogP contribution in [0.15, 0.2) is 54.6 Å². The molecule has 1 heterocycles. The summed E-state index contributed by atoms with van der Waals surface area (Å²) in [7, 11) is 0. The molecule has 0 radical (unpaired) electrons. The van der Waals surface area contributed by atoms with Gasteiger partial charge in [0.05, 0.1) is 29.9 Å². The Morgan fingerprint density at radius 2 is 1.86 bits per heavy atom. The Bertz CT molecular complexity index is 722. The van der Waals surface area contributed by atoms with E-state index >= 15 is 0 Å². The van der Waals surface area contributed by atoms with Gasteiger partial charge in [0, 0.05) is 0 Å². The number of carbonyl (C=O) groups excluding carboxylic acids is 1. The monoisotopic (exact) mass is 312 g/mol. The second-order valence-electron chi connectivity index (χ2n) is 4.82. The summed E-state index contributed by atoms with van der Waals surface area (Å²) >= 11 is 1.48. The molecule has 0 saturated carbocycles. The number of aromatic nitrogens is 1. The second kappa shape index (κ2) is 7.15. The fourth-order valence-electron chi connectivity index (χ4n) is 2.04. The molecule has 1 aromatic heterocycles. The van der Waals surface area contributed by atoms with Crippen LogP contribution in [0.2, 0.25) is 0 Å². The largest absolute Gasteiger partial charge is 0.376 e. The van der Waals surface area contributed by atoms with E-state index in [0.717, 1.165) is 15.8 Å². The quantitative estimate of drug-likeness (QED) is 0.704. The summed E-state index contributed by atoms with van der Waals surface area (Å²) in [6, 6.07) is 17.7. The molecular weight excluding hydrogens is 296 g/mol. The average Bonchev–Trinajstić information content (AvgIpc) is 2.94. The van der Waals surface area contributed by atoms with Gasteiger partial charge in [-0.25, -0.2) is 4.98 Å². The maximum absolute atomic E-state index is 11.9. The Labute approximate surface area is 132 Å². The first kappa shape index (κ1) is 14.7. The van der Waals surface area contributed by atoms with Crippen molar-refractivity contribution >= 4 is 32.6 Å². The normalized spacial score (nSPS) is 10.7. The molecule has 0 bridgehead atoms. The van der Waals surface area contributed by atoms with Gasteiger partial charge in [-0.3, -0.25) is 4.79 Å². The number of carbonyl (C=O) groups is 1. The van der Waals surface area contributed by atoms with Gasteiger partial charge < -0.3 is 10.1 Å². The van der Waals surface area contributed by atoms with Crippen LogP contribution in [0.3, 0.4) is 0 Å². The number of thiazole rings is 1. The third-order valence-corrected chi connectivity index (χ3v) is 4.08. The molecule has 0 aliphatic rings. The lowest BCUT2D eigenvalue weighted by Crippen LogP contribution is -2.13. The van der Waals surface area contributed by atoms with E-state index in [4.69, 9.17) is 4.74 Å². The third-order valence-electron chi connectivity index (χ3n) is 3.13. The molecule has 0 aliphatic heterocycles. The maximum Gasteiger partial charge on any atom is 0.228 e. The van der Waals surface area contributed by atoms with E-state index in [0.29, 0.717) is 24.8 Å². The van der Waals surface area contributed by atoms with Crippen molar-refractivity contribution in [3.8, 4) is 0 Å². The van der Waals surface area contributed by atoms with Crippen molar-refractivity contribution in [3.05, 3.63) is 60.2 Å². The first-order valence-corrected chi connectivity index (χ1v) is 7.90. The number of ether oxygens (including phenoxy) is 1. The predicted molar refractivity (Wildman–Crippen MR) is 89.0 cm³/mol. The summed E-state index contributed by atoms with van der Waals surface area (Å²) in [5, 5.41) is 3.45. The van der Waals surface area contributed by atoms with E-state index in [1.807, 2.05) is 54.6 Å². The van der Waals surface area contributed by atoms with Crippen molar-refractivity contribution in [2.45, 2.75) is 13.0 Å². The lowest BCUT2D eigenvalue weighted by molar-refractivity contribution is -0.117. The number of amides is 1. The molecule has 0 aliphatic carbocycles. The van der Waals surface area contributed by atoms with Gasteiger partial charge in [-0.05, 0) is 17.7 Å². The summed E-state index contributed by atoms with van der Waals surface area (Å²) in [5.41, 5.74) is 2.01. The van der Waals surface area contributed by atoms with E-state index < -0.39 is 0 Å². The molecule has 1 amide bonds. The number of anilines is 1. The minimum absolute atomic E-state index is 0.0767. The highest BCUT2D eigenvalue weighted by molar-refractivity contribution is 7.22. The van der Waals surface area contributed by atoms with Crippen molar-refractivity contribution < 1.29 is 9.53 Å². The van der Waals surface area contributed by atoms with E-state index in [1.54, 1.807) is 0 Å². The number of para-hydroxylation sites is 1. The molecule has 5 heteroatoms. The predicted octanol–water partition coefficient (Wildman–Crippen LogP) is 3.84. The molecule has 3 rings (SSSR count). The van der Waals surface area contributed by atoms with Crippen LogP contribution in [0, 0.1) is 0 Å². The van der Waals surface area contributed by atoms with E-state index in [-0.39, 0.29) is 5.91 Å². The van der Waals surface area contributed by atoms with E-state index in [9.17, 15) is 4.79 Å². The highest BCUT2D eigenvalue weighted by Crippen LogP contribution is 2.25. The Kier molecular flexibility index (Phi) is 4.78. The van der Waals surface area contributed by atoms with Crippen molar-refractivity contribution in [1.82, 2.24) is 4.98 Å². The molecular formula is C17H16N2O2S. The Balaban J connectivity index is 1.44. The lowest BCUT2D eigenvalue weighted by Gasteiger charge is -2.04. The molecule has 0 saturated heterocycles. The Morgan fingerprint density at radius 3 is 2.68 bits per heavy atom. The zero-order valence-corrected chi connectivity index (χ0v) is 12.8. The summed E-state index contributed by atoms with van der Waals surface area (Å²) in [6.45, 7) is 0.918. The zero-order valence-electron chi connectivity index (χ0n) is 12.0. The number of hydrogen-bond donors (Lipinski definition) is 1. The number of benzene rings is 2. The van der Waals surface area contributed by atoms with E-state index in [2.05, 4.69) is 10.3 Å². The minimum atomic E-state index is -0.0767. The van der Waals surface area contributed by atoms with Crippen molar-refractivity contribution in [2.75, 3.05) is 11.9 Å². The molecule has 3 aromatic rings. The van der Waals surface area contributed by atoms with Gasteiger partial charge in [-0.1, -0.05) is 53.8 Å². The molecule has 1 N–H and O–H groups in total. The number of rotatable bonds is 6. The van der Waals surface area contributed by atoms with Gasteiger partial charge in [0.1, 0.15) is 0 Å². The van der Waals surface area contributed by atoms with Gasteiger partial charge in [-0.2, -0.15) is 0 Å². The summed E-state index contributed by atoms with van der Waals surface area (Å²) < 4.78 is 6.58. The number of nitrogens with zero attached hydrogens (tertiary/aromatic N) is 1. The highest BCUT2D eigenvalue weighted by atomic mass is 32.1. The summed E-state index contributed by atoms with van der Waals surface area (Å²) in [6.07, 6.45) is 0.322. The zero-order chi connectivity index (χ0) is 15.2. The number of fused-ring (bicyclic) bond motifs is 1. The van der Waals surface area contributed by atoms with Crippen LogP contribution in [0.1, 0.15) is 12.0 Å². The van der Waals surface area contributed by atoms with Crippen molar-refractivity contribution in [2.24, 2.45) is 0 Å². The summed E-state index contributed by atoms with van der Waals surface area (Å²) in [4.78, 5) is 16.3. The first-order valence-electron chi connectivity index (χ1n) is 7.08. The number of hydrogen-bond acceptors (Lipinski definition) is 4. The Hall–Kier alpha value is -2.24. The van der Waals surface area contributed by atoms with Gasteiger partial charge in [0.15, 0.2) is 5.13 Å². The molecule has 4 nitrogen and oxygen atoms in total. The molecule has 0 unspecified atom stereocenters. The highest BCUT2D eigenvalue weighted by Gasteiger charge is 2.07. The average molecular weight is 312 g/mol. The fourth-order valence-corrected chi connectivity index (χ4v) is 2.92. The smallest absolute Gasteiger partial charge is 0.228 e. The van der Waals surface area contributed by atoms with Crippen molar-refractivity contribution in [3.63, 3.8) is 0 Å². The summed E-state index contributed by atoms with van der Waals surface area (Å²) in [5.74, 6) is -0.0767. The molecule has 0 atom stereocenters. The number of nitrogens with one attached hydrogen (secondary N) is 1. The van der Waals surface area contributed by atoms with Crippen LogP contribution in [0.25, 0.3) is 10.2 Å². The molecule has 2 aromatic carbocycles. The third kappa shape index (κ3) is 3.90. The SMILES string of the molecule is O=C(CCOCc1ccccc1)Nc1nc2ccccc2s1. The van der Waals surface area contributed by atoms with E-state index in [1.165, 1.54) is 11.3 Å². The second-order valence-corrected chi connectivity index (χ2v) is 5.85.